The number of hydrogen-bond donors (Lipinski definition) is 2. The average molecular weight is 516 g/mol. The minimum atomic E-state index is -2.18. The van der Waals surface area contributed by atoms with Crippen LogP contribution in [0.3, 0.4) is 0 Å². The molecule has 1 fully saturated rings. The van der Waals surface area contributed by atoms with Gasteiger partial charge in [0.05, 0.1) is 0 Å². The van der Waals surface area contributed by atoms with Gasteiger partial charge in [0.25, 0.3) is 5.91 Å². The SMILES string of the molecule is CC(=O)Oc1ccc(C2(NC(=O)O)C(=O)N(C)C(=O)N(c3ccc(F)cc3)C2N(C)C)cc1OC(C)=O. The van der Waals surface area contributed by atoms with E-state index >= 15 is 0 Å². The van der Waals surface area contributed by atoms with Gasteiger partial charge in [0.15, 0.2) is 17.0 Å². The van der Waals surface area contributed by atoms with E-state index in [1.54, 1.807) is 0 Å². The number of esters is 2. The van der Waals surface area contributed by atoms with Gasteiger partial charge < -0.3 is 14.6 Å². The number of ether oxygens (including phenoxy) is 2. The van der Waals surface area contributed by atoms with Crippen LogP contribution in [0.5, 0.6) is 11.5 Å². The fourth-order valence-corrected chi connectivity index (χ4v) is 4.25. The van der Waals surface area contributed by atoms with Crippen molar-refractivity contribution in [1.82, 2.24) is 15.1 Å². The fraction of sp³-hybridized carbons (Fsp3) is 0.292. The number of halogens is 1. The van der Waals surface area contributed by atoms with Crippen molar-refractivity contribution in [2.24, 2.45) is 0 Å². The minimum absolute atomic E-state index is 0.0304. The number of carbonyl (C=O) groups is 5. The third-order valence-electron chi connectivity index (χ3n) is 5.57. The lowest BCUT2D eigenvalue weighted by Gasteiger charge is -2.52. The summed E-state index contributed by atoms with van der Waals surface area (Å²) in [5.41, 5.74) is -2.04. The molecule has 37 heavy (non-hydrogen) atoms. The molecule has 2 N–H and O–H groups in total. The molecule has 0 saturated carbocycles. The van der Waals surface area contributed by atoms with Crippen molar-refractivity contribution < 1.29 is 42.9 Å². The first-order valence-corrected chi connectivity index (χ1v) is 10.9. The molecule has 2 aromatic carbocycles. The highest BCUT2D eigenvalue weighted by molar-refractivity contribution is 6.11. The first kappa shape index (κ1) is 27.1. The maximum Gasteiger partial charge on any atom is 0.405 e. The van der Waals surface area contributed by atoms with E-state index in [4.69, 9.17) is 9.47 Å². The van der Waals surface area contributed by atoms with Crippen molar-refractivity contribution in [3.8, 4) is 11.5 Å². The smallest absolute Gasteiger partial charge is 0.405 e. The van der Waals surface area contributed by atoms with Gasteiger partial charge in [-0.25, -0.2) is 14.0 Å². The number of nitrogens with zero attached hydrogens (tertiary/aromatic N) is 3. The Balaban J connectivity index is 2.36. The maximum absolute atomic E-state index is 13.8. The second kappa shape index (κ2) is 10.2. The molecule has 0 radical (unpaired) electrons. The molecule has 2 aromatic rings. The normalized spacial score (nSPS) is 19.6. The number of amides is 4. The summed E-state index contributed by atoms with van der Waals surface area (Å²) in [5.74, 6) is -3.41. The molecule has 0 spiro atoms. The monoisotopic (exact) mass is 516 g/mol. The lowest BCUT2D eigenvalue weighted by atomic mass is 9.81. The molecular formula is C24H25FN4O8. The lowest BCUT2D eigenvalue weighted by Crippen LogP contribution is -2.77. The van der Waals surface area contributed by atoms with E-state index < -0.39 is 47.5 Å². The van der Waals surface area contributed by atoms with Crippen LogP contribution in [0, 0.1) is 5.82 Å². The molecule has 1 aliphatic heterocycles. The number of urea groups is 1. The fourth-order valence-electron chi connectivity index (χ4n) is 4.25. The molecule has 13 heteroatoms. The van der Waals surface area contributed by atoms with Crippen molar-refractivity contribution in [2.75, 3.05) is 26.0 Å². The first-order valence-electron chi connectivity index (χ1n) is 10.9. The van der Waals surface area contributed by atoms with Gasteiger partial charge in [-0.3, -0.25) is 34.4 Å². The number of hydrogen-bond acceptors (Lipinski definition) is 8. The predicted molar refractivity (Wildman–Crippen MR) is 126 cm³/mol. The molecule has 2 atom stereocenters. The van der Waals surface area contributed by atoms with Gasteiger partial charge in [0, 0.05) is 26.6 Å². The summed E-state index contributed by atoms with van der Waals surface area (Å²) in [6.45, 7) is 2.24. The Hall–Kier alpha value is -4.52. The Labute approximate surface area is 211 Å². The van der Waals surface area contributed by atoms with E-state index in [2.05, 4.69) is 5.32 Å². The molecule has 2 unspecified atom stereocenters. The van der Waals surface area contributed by atoms with Crippen LogP contribution in [-0.4, -0.2) is 72.2 Å². The topological polar surface area (TPSA) is 146 Å². The zero-order valence-electron chi connectivity index (χ0n) is 20.6. The van der Waals surface area contributed by atoms with Crippen molar-refractivity contribution >= 4 is 35.7 Å². The molecule has 0 aromatic heterocycles. The van der Waals surface area contributed by atoms with Gasteiger partial charge in [-0.1, -0.05) is 6.07 Å². The molecule has 4 amide bonds. The van der Waals surface area contributed by atoms with E-state index in [0.29, 0.717) is 0 Å². The highest BCUT2D eigenvalue weighted by Crippen LogP contribution is 2.42. The first-order chi connectivity index (χ1) is 17.3. The quantitative estimate of drug-likeness (QED) is 0.435. The highest BCUT2D eigenvalue weighted by atomic mass is 19.1. The molecule has 1 aliphatic rings. The van der Waals surface area contributed by atoms with Crippen molar-refractivity contribution in [3.63, 3.8) is 0 Å². The summed E-state index contributed by atoms with van der Waals surface area (Å²) in [5, 5.41) is 12.1. The van der Waals surface area contributed by atoms with E-state index in [1.807, 2.05) is 0 Å². The Morgan fingerprint density at radius 3 is 2.08 bits per heavy atom. The van der Waals surface area contributed by atoms with Crippen LogP contribution in [-0.2, 0) is 19.9 Å². The average Bonchev–Trinajstić information content (AvgIpc) is 2.80. The Morgan fingerprint density at radius 1 is 1.00 bits per heavy atom. The number of rotatable bonds is 6. The summed E-state index contributed by atoms with van der Waals surface area (Å²) >= 11 is 0. The summed E-state index contributed by atoms with van der Waals surface area (Å²) in [6, 6.07) is 7.78. The highest BCUT2D eigenvalue weighted by Gasteiger charge is 2.60. The lowest BCUT2D eigenvalue weighted by molar-refractivity contribution is -0.139. The second-order valence-electron chi connectivity index (χ2n) is 8.42. The third-order valence-corrected chi connectivity index (χ3v) is 5.57. The van der Waals surface area contributed by atoms with Gasteiger partial charge in [-0.05, 0) is 56.1 Å². The Kier molecular flexibility index (Phi) is 7.48. The van der Waals surface area contributed by atoms with Crippen LogP contribution in [0.4, 0.5) is 19.7 Å². The van der Waals surface area contributed by atoms with Crippen molar-refractivity contribution in [2.45, 2.75) is 25.6 Å². The zero-order valence-corrected chi connectivity index (χ0v) is 20.6. The van der Waals surface area contributed by atoms with Gasteiger partial charge in [0.2, 0.25) is 0 Å². The number of nitrogens with one attached hydrogen (secondary N) is 1. The third kappa shape index (κ3) is 5.07. The van der Waals surface area contributed by atoms with E-state index in [1.165, 1.54) is 56.4 Å². The van der Waals surface area contributed by atoms with Crippen LogP contribution < -0.4 is 19.7 Å². The van der Waals surface area contributed by atoms with Crippen LogP contribution in [0.1, 0.15) is 19.4 Å². The van der Waals surface area contributed by atoms with Crippen LogP contribution in [0.15, 0.2) is 42.5 Å². The van der Waals surface area contributed by atoms with Gasteiger partial charge >= 0.3 is 24.1 Å². The van der Waals surface area contributed by atoms with Crippen LogP contribution >= 0.6 is 0 Å². The molecule has 12 nitrogen and oxygen atoms in total. The van der Waals surface area contributed by atoms with Crippen LogP contribution in [0.2, 0.25) is 0 Å². The number of likely N-dealkylation sites (N-methyl/N-ethyl adjacent to an activating group) is 2. The van der Waals surface area contributed by atoms with Gasteiger partial charge in [-0.15, -0.1) is 0 Å². The van der Waals surface area contributed by atoms with E-state index in [9.17, 15) is 33.5 Å². The standard InChI is InChI=1S/C24H25FN4O8/c1-13(30)36-18-11-6-15(12-19(18)37-14(2)31)24(26-22(33)34)20(27(3)4)29(23(35)28(5)21(24)32)17-9-7-16(25)8-10-17/h6-12,20,26H,1-5H3,(H,33,34). The molecule has 1 heterocycles. The van der Waals surface area contributed by atoms with Crippen molar-refractivity contribution in [1.29, 1.82) is 0 Å². The number of benzene rings is 2. The van der Waals surface area contributed by atoms with Crippen LogP contribution in [0.25, 0.3) is 0 Å². The summed E-state index contributed by atoms with van der Waals surface area (Å²) in [7, 11) is 4.21. The molecule has 3 rings (SSSR count). The van der Waals surface area contributed by atoms with E-state index in [0.717, 1.165) is 35.8 Å². The van der Waals surface area contributed by atoms with Crippen molar-refractivity contribution in [3.05, 3.63) is 53.8 Å². The van der Waals surface area contributed by atoms with E-state index in [-0.39, 0.29) is 22.7 Å². The number of imide groups is 1. The second-order valence-corrected chi connectivity index (χ2v) is 8.42. The minimum Gasteiger partial charge on any atom is -0.465 e. The predicted octanol–water partition coefficient (Wildman–Crippen LogP) is 2.13. The summed E-state index contributed by atoms with van der Waals surface area (Å²) < 4.78 is 23.9. The largest absolute Gasteiger partial charge is 0.465 e. The number of carboxylic acid groups (broad SMARTS) is 1. The maximum atomic E-state index is 13.8. The molecule has 1 saturated heterocycles. The number of carbonyl (C=O) groups excluding carboxylic acids is 4. The summed E-state index contributed by atoms with van der Waals surface area (Å²) in [6.07, 6.45) is -2.92. The Bertz CT molecular complexity index is 1270. The summed E-state index contributed by atoms with van der Waals surface area (Å²) in [4.78, 5) is 65.9. The van der Waals surface area contributed by atoms with Gasteiger partial charge in [0.1, 0.15) is 12.0 Å². The molecular weight excluding hydrogens is 491 g/mol. The molecule has 0 aliphatic carbocycles. The Morgan fingerprint density at radius 2 is 1.57 bits per heavy atom. The molecule has 0 bridgehead atoms. The van der Waals surface area contributed by atoms with Gasteiger partial charge in [-0.2, -0.15) is 0 Å². The zero-order chi connectivity index (χ0) is 27.7. The molecule has 196 valence electrons. The number of anilines is 1.